The number of anilines is 2. The van der Waals surface area contributed by atoms with Crippen molar-refractivity contribution < 1.29 is 19.2 Å². The maximum Gasteiger partial charge on any atom is 0.343 e. The zero-order valence-electron chi connectivity index (χ0n) is 15.3. The lowest BCUT2D eigenvalue weighted by Crippen LogP contribution is -2.43. The van der Waals surface area contributed by atoms with Crippen molar-refractivity contribution >= 4 is 23.3 Å². The van der Waals surface area contributed by atoms with Crippen LogP contribution in [0.25, 0.3) is 5.69 Å². The zero-order valence-corrected chi connectivity index (χ0v) is 15.3. The maximum absolute atomic E-state index is 12.0. The number of rotatable bonds is 5. The number of esters is 1. The van der Waals surface area contributed by atoms with E-state index in [0.717, 1.165) is 12.8 Å². The standard InChI is InChI=1S/C17H20N6O5/c1-2-27-17(24)12-6-20-22(16(12)18)13-5-15(19-7-14(13)23(25)26)21-8-10-3-4-11(9-21)28-10/h5-7,10-11H,2-4,8-9,18H2,1H3. The first kappa shape index (κ1) is 18.2. The number of aromatic nitrogens is 3. The van der Waals surface area contributed by atoms with Gasteiger partial charge in [0.05, 0.1) is 29.9 Å². The van der Waals surface area contributed by atoms with Crippen LogP contribution >= 0.6 is 0 Å². The predicted molar refractivity (Wildman–Crippen MR) is 98.5 cm³/mol. The first-order valence-electron chi connectivity index (χ1n) is 9.03. The van der Waals surface area contributed by atoms with Gasteiger partial charge in [0.1, 0.15) is 29.1 Å². The molecule has 2 aromatic rings. The van der Waals surface area contributed by atoms with Crippen LogP contribution in [0, 0.1) is 10.1 Å². The van der Waals surface area contributed by atoms with Gasteiger partial charge in [0.2, 0.25) is 0 Å². The number of nitrogens with two attached hydrogens (primary N) is 1. The van der Waals surface area contributed by atoms with Gasteiger partial charge in [-0.2, -0.15) is 5.10 Å². The molecule has 2 aliphatic rings. The molecule has 28 heavy (non-hydrogen) atoms. The van der Waals surface area contributed by atoms with Gasteiger partial charge >= 0.3 is 11.7 Å². The van der Waals surface area contributed by atoms with Crippen LogP contribution in [0.4, 0.5) is 17.3 Å². The molecule has 0 radical (unpaired) electrons. The summed E-state index contributed by atoms with van der Waals surface area (Å²) >= 11 is 0. The van der Waals surface area contributed by atoms with E-state index in [1.807, 2.05) is 4.90 Å². The normalized spacial score (nSPS) is 21.0. The summed E-state index contributed by atoms with van der Waals surface area (Å²) in [5, 5.41) is 15.6. The van der Waals surface area contributed by atoms with Gasteiger partial charge in [0, 0.05) is 19.2 Å². The SMILES string of the molecule is CCOC(=O)c1cnn(-c2cc(N3CC4CCC(C3)O4)ncc2[N+](=O)[O-])c1N. The van der Waals surface area contributed by atoms with Crippen molar-refractivity contribution in [3.63, 3.8) is 0 Å². The van der Waals surface area contributed by atoms with Crippen LogP contribution in [0.3, 0.4) is 0 Å². The van der Waals surface area contributed by atoms with E-state index in [9.17, 15) is 14.9 Å². The van der Waals surface area contributed by atoms with Crippen LogP contribution in [0.15, 0.2) is 18.5 Å². The van der Waals surface area contributed by atoms with Crippen molar-refractivity contribution in [1.29, 1.82) is 0 Å². The third-order valence-corrected chi connectivity index (χ3v) is 4.94. The molecule has 0 aliphatic carbocycles. The number of nitrogens with zero attached hydrogens (tertiary/aromatic N) is 5. The van der Waals surface area contributed by atoms with Crippen molar-refractivity contribution in [2.24, 2.45) is 0 Å². The van der Waals surface area contributed by atoms with E-state index in [4.69, 9.17) is 15.2 Å². The molecule has 0 amide bonds. The average Bonchev–Trinajstić information content (AvgIpc) is 3.22. The van der Waals surface area contributed by atoms with Crippen LogP contribution in [0.2, 0.25) is 0 Å². The molecular weight excluding hydrogens is 368 g/mol. The van der Waals surface area contributed by atoms with E-state index < -0.39 is 10.9 Å². The van der Waals surface area contributed by atoms with Crippen molar-refractivity contribution in [2.75, 3.05) is 30.3 Å². The molecule has 4 rings (SSSR count). The van der Waals surface area contributed by atoms with E-state index in [2.05, 4.69) is 10.1 Å². The Bertz CT molecular complexity index is 917. The molecule has 2 unspecified atom stereocenters. The van der Waals surface area contributed by atoms with Gasteiger partial charge in [0.15, 0.2) is 0 Å². The molecule has 11 nitrogen and oxygen atoms in total. The van der Waals surface area contributed by atoms with Gasteiger partial charge in [-0.15, -0.1) is 0 Å². The lowest BCUT2D eigenvalue weighted by molar-refractivity contribution is -0.384. The highest BCUT2D eigenvalue weighted by Gasteiger charge is 2.35. The monoisotopic (exact) mass is 388 g/mol. The number of hydrogen-bond donors (Lipinski definition) is 1. The zero-order chi connectivity index (χ0) is 19.8. The topological polar surface area (TPSA) is 139 Å². The molecule has 11 heteroatoms. The van der Waals surface area contributed by atoms with E-state index in [0.29, 0.717) is 18.9 Å². The number of pyridine rings is 1. The Balaban J connectivity index is 1.73. The first-order chi connectivity index (χ1) is 13.5. The second-order valence-corrected chi connectivity index (χ2v) is 6.73. The highest BCUT2D eigenvalue weighted by molar-refractivity contribution is 5.94. The van der Waals surface area contributed by atoms with Crippen molar-refractivity contribution in [1.82, 2.24) is 14.8 Å². The minimum Gasteiger partial charge on any atom is -0.462 e. The fraction of sp³-hybridized carbons (Fsp3) is 0.471. The molecule has 0 saturated carbocycles. The van der Waals surface area contributed by atoms with E-state index in [1.165, 1.54) is 17.1 Å². The van der Waals surface area contributed by atoms with Crippen LogP contribution in [0.1, 0.15) is 30.1 Å². The molecule has 2 fully saturated rings. The van der Waals surface area contributed by atoms with E-state index in [1.54, 1.807) is 13.0 Å². The summed E-state index contributed by atoms with van der Waals surface area (Å²) in [5.74, 6) is -0.0814. The Kier molecular flexibility index (Phi) is 4.59. The van der Waals surface area contributed by atoms with Crippen molar-refractivity contribution in [3.8, 4) is 5.69 Å². The molecule has 0 spiro atoms. The van der Waals surface area contributed by atoms with Crippen molar-refractivity contribution in [2.45, 2.75) is 32.0 Å². The highest BCUT2D eigenvalue weighted by atomic mass is 16.6. The first-order valence-corrected chi connectivity index (χ1v) is 9.03. The molecule has 2 aromatic heterocycles. The summed E-state index contributed by atoms with van der Waals surface area (Å²) in [7, 11) is 0. The number of nitrogen functional groups attached to an aromatic ring is 1. The van der Waals surface area contributed by atoms with Crippen molar-refractivity contribution in [3.05, 3.63) is 34.1 Å². The molecule has 2 aliphatic heterocycles. The molecule has 2 N–H and O–H groups in total. The second kappa shape index (κ2) is 7.08. The number of carbonyl (C=O) groups excluding carboxylic acids is 1. The lowest BCUT2D eigenvalue weighted by atomic mass is 10.2. The smallest absolute Gasteiger partial charge is 0.343 e. The number of hydrogen-bond acceptors (Lipinski definition) is 9. The van der Waals surface area contributed by atoms with Gasteiger partial charge < -0.3 is 20.1 Å². The third-order valence-electron chi connectivity index (χ3n) is 4.94. The van der Waals surface area contributed by atoms with E-state index in [-0.39, 0.29) is 41.6 Å². The number of fused-ring (bicyclic) bond motifs is 2. The van der Waals surface area contributed by atoms with E-state index >= 15 is 0 Å². The second-order valence-electron chi connectivity index (χ2n) is 6.73. The Morgan fingerprint density at radius 3 is 2.75 bits per heavy atom. The van der Waals surface area contributed by atoms with Gasteiger partial charge in [-0.1, -0.05) is 0 Å². The fourth-order valence-electron chi connectivity index (χ4n) is 3.63. The number of carbonyl (C=O) groups is 1. The summed E-state index contributed by atoms with van der Waals surface area (Å²) in [5.41, 5.74) is 5.98. The number of morpholine rings is 1. The van der Waals surface area contributed by atoms with Gasteiger partial charge in [-0.25, -0.2) is 14.5 Å². The quantitative estimate of drug-likeness (QED) is 0.456. The Labute approximate surface area is 160 Å². The summed E-state index contributed by atoms with van der Waals surface area (Å²) < 4.78 is 11.9. The van der Waals surface area contributed by atoms with Gasteiger partial charge in [-0.05, 0) is 19.8 Å². The highest BCUT2D eigenvalue weighted by Crippen LogP contribution is 2.32. The Hall–Kier alpha value is -3.21. The van der Waals surface area contributed by atoms with Gasteiger partial charge in [0.25, 0.3) is 0 Å². The molecule has 2 bridgehead atoms. The molecule has 4 heterocycles. The molecule has 2 saturated heterocycles. The average molecular weight is 388 g/mol. The minimum atomic E-state index is -0.632. The predicted octanol–water partition coefficient (Wildman–Crippen LogP) is 1.30. The summed E-state index contributed by atoms with van der Waals surface area (Å²) in [4.78, 5) is 29.3. The Morgan fingerprint density at radius 2 is 2.11 bits per heavy atom. The lowest BCUT2D eigenvalue weighted by Gasteiger charge is -2.33. The number of nitro groups is 1. The minimum absolute atomic E-state index is 0.0271. The molecular formula is C17H20N6O5. The van der Waals surface area contributed by atoms with Gasteiger partial charge in [-0.3, -0.25) is 10.1 Å². The van der Waals surface area contributed by atoms with Crippen LogP contribution < -0.4 is 10.6 Å². The summed E-state index contributed by atoms with van der Waals surface area (Å²) in [6, 6.07) is 1.57. The largest absolute Gasteiger partial charge is 0.462 e. The summed E-state index contributed by atoms with van der Waals surface area (Å²) in [6.45, 7) is 3.20. The molecule has 2 atom stereocenters. The third kappa shape index (κ3) is 3.13. The summed E-state index contributed by atoms with van der Waals surface area (Å²) in [6.07, 6.45) is 4.71. The number of ether oxygens (including phenoxy) is 2. The van der Waals surface area contributed by atoms with Crippen LogP contribution in [-0.2, 0) is 9.47 Å². The Morgan fingerprint density at radius 1 is 1.39 bits per heavy atom. The van der Waals surface area contributed by atoms with Crippen LogP contribution in [-0.4, -0.2) is 57.6 Å². The maximum atomic E-state index is 12.0. The molecule has 0 aromatic carbocycles. The fourth-order valence-corrected chi connectivity index (χ4v) is 3.63. The van der Waals surface area contributed by atoms with Crippen LogP contribution in [0.5, 0.6) is 0 Å². The molecule has 148 valence electrons.